The van der Waals surface area contributed by atoms with Crippen LogP contribution in [0.25, 0.3) is 0 Å². The minimum atomic E-state index is -0.987. The van der Waals surface area contributed by atoms with Gasteiger partial charge in [-0.15, -0.1) is 0 Å². The van der Waals surface area contributed by atoms with Crippen LogP contribution in [0.4, 0.5) is 0 Å². The van der Waals surface area contributed by atoms with Crippen molar-refractivity contribution in [1.82, 2.24) is 9.55 Å². The Balaban J connectivity index is 1.93. The summed E-state index contributed by atoms with van der Waals surface area (Å²) < 4.78 is 7.05. The summed E-state index contributed by atoms with van der Waals surface area (Å²) in [6.07, 6.45) is 0.646. The number of ether oxygens (including phenoxy) is 1. The Bertz CT molecular complexity index is 1250. The molecule has 6 nitrogen and oxygen atoms in total. The molecule has 3 aromatic rings. The molecule has 1 N–H and O–H groups in total. The first-order chi connectivity index (χ1) is 16.1. The number of hydrogen-bond donors (Lipinski definition) is 1. The van der Waals surface area contributed by atoms with Crippen molar-refractivity contribution >= 4 is 23.4 Å². The number of carboxylic acids is 1. The number of carboxylic acid groups (broad SMARTS) is 1. The fraction of sp³-hybridized carbons (Fsp3) is 0.296. The number of carbonyl (C=O) groups is 2. The number of aromatic nitrogens is 2. The van der Waals surface area contributed by atoms with E-state index in [2.05, 4.69) is 16.8 Å². The summed E-state index contributed by atoms with van der Waals surface area (Å²) in [4.78, 5) is 28.8. The summed E-state index contributed by atoms with van der Waals surface area (Å²) in [7, 11) is 1.57. The minimum absolute atomic E-state index is 0.145. The maximum atomic E-state index is 13.4. The number of hydrogen-bond acceptors (Lipinski definition) is 4. The van der Waals surface area contributed by atoms with Gasteiger partial charge in [0, 0.05) is 13.5 Å². The molecule has 3 rings (SSSR count). The molecular formula is C27H27ClN2O4. The molecule has 0 spiro atoms. The average Bonchev–Trinajstić information content (AvgIpc) is 3.13. The van der Waals surface area contributed by atoms with Gasteiger partial charge in [-0.2, -0.15) is 0 Å². The minimum Gasteiger partial charge on any atom is -0.478 e. The first-order valence-corrected chi connectivity index (χ1v) is 11.2. The zero-order chi connectivity index (χ0) is 24.9. The van der Waals surface area contributed by atoms with E-state index in [4.69, 9.17) is 21.4 Å². The molecule has 0 aliphatic rings. The van der Waals surface area contributed by atoms with E-state index >= 15 is 0 Å². The third-order valence-corrected chi connectivity index (χ3v) is 5.77. The van der Waals surface area contributed by atoms with Crippen molar-refractivity contribution in [2.24, 2.45) is 0 Å². The molecule has 7 heteroatoms. The second kappa shape index (κ2) is 10.7. The van der Waals surface area contributed by atoms with Gasteiger partial charge < -0.3 is 14.4 Å². The summed E-state index contributed by atoms with van der Waals surface area (Å²) in [5, 5.41) is 9.26. The van der Waals surface area contributed by atoms with E-state index in [0.717, 1.165) is 16.7 Å². The number of ketones is 1. The molecule has 0 unspecified atom stereocenters. The lowest BCUT2D eigenvalue weighted by Gasteiger charge is -2.14. The lowest BCUT2D eigenvalue weighted by atomic mass is 10.0. The van der Waals surface area contributed by atoms with E-state index in [9.17, 15) is 9.59 Å². The number of aryl methyl sites for hydroxylation is 2. The quantitative estimate of drug-likeness (QED) is 0.356. The van der Waals surface area contributed by atoms with Crippen LogP contribution in [0, 0.1) is 18.8 Å². The summed E-state index contributed by atoms with van der Waals surface area (Å²) >= 11 is 6.47. The van der Waals surface area contributed by atoms with Crippen molar-refractivity contribution < 1.29 is 19.4 Å². The maximum Gasteiger partial charge on any atom is 0.335 e. The number of aromatic carboxylic acids is 1. The topological polar surface area (TPSA) is 81.4 Å². The molecule has 0 radical (unpaired) electrons. The Hall–Kier alpha value is -3.40. The first-order valence-electron chi connectivity index (χ1n) is 10.8. The molecule has 2 aromatic carbocycles. The highest BCUT2D eigenvalue weighted by Gasteiger charge is 2.22. The van der Waals surface area contributed by atoms with E-state index in [1.54, 1.807) is 23.8 Å². The standard InChI is InChI=1S/C27H27ClN2O4/c1-18-5-7-20(8-6-18)17-30-24(22(29-26(30)28)15-16-27(2,3)34-4)23(31)14-11-19-9-12-21(13-10-19)25(32)33/h5-10,12-13H,11,14,17H2,1-4H3,(H,32,33). The van der Waals surface area contributed by atoms with Crippen molar-refractivity contribution in [2.45, 2.75) is 45.8 Å². The zero-order valence-electron chi connectivity index (χ0n) is 19.7. The molecule has 0 saturated carbocycles. The Morgan fingerprint density at radius 1 is 1.09 bits per heavy atom. The second-order valence-corrected chi connectivity index (χ2v) is 8.88. The summed E-state index contributed by atoms with van der Waals surface area (Å²) in [5.74, 6) is 4.86. The monoisotopic (exact) mass is 478 g/mol. The van der Waals surface area contributed by atoms with Gasteiger partial charge in [-0.3, -0.25) is 4.79 Å². The van der Waals surface area contributed by atoms with E-state index in [1.165, 1.54) is 12.1 Å². The number of Topliss-reactive ketones (excluding diaryl/α,β-unsaturated/α-hetero) is 1. The van der Waals surface area contributed by atoms with Crippen molar-refractivity contribution in [3.63, 3.8) is 0 Å². The molecular weight excluding hydrogens is 452 g/mol. The highest BCUT2D eigenvalue weighted by Crippen LogP contribution is 2.22. The smallest absolute Gasteiger partial charge is 0.335 e. The molecule has 0 aliphatic carbocycles. The zero-order valence-corrected chi connectivity index (χ0v) is 20.4. The van der Waals surface area contributed by atoms with Crippen LogP contribution in [0.15, 0.2) is 48.5 Å². The molecule has 34 heavy (non-hydrogen) atoms. The number of halogens is 1. The van der Waals surface area contributed by atoms with Crippen molar-refractivity contribution in [1.29, 1.82) is 0 Å². The van der Waals surface area contributed by atoms with Gasteiger partial charge in [0.2, 0.25) is 5.28 Å². The van der Waals surface area contributed by atoms with Crippen LogP contribution in [0.5, 0.6) is 0 Å². The summed E-state index contributed by atoms with van der Waals surface area (Å²) in [6, 6.07) is 14.5. The molecule has 0 aliphatic heterocycles. The Morgan fingerprint density at radius 2 is 1.71 bits per heavy atom. The SMILES string of the molecule is COC(C)(C)C#Cc1nc(Cl)n(Cc2ccc(C)cc2)c1C(=O)CCc1ccc(C(=O)O)cc1. The van der Waals surface area contributed by atoms with Gasteiger partial charge in [-0.1, -0.05) is 47.9 Å². The predicted octanol–water partition coefficient (Wildman–Crippen LogP) is 5.18. The number of carbonyl (C=O) groups excluding carboxylic acids is 1. The van der Waals surface area contributed by atoms with Crippen LogP contribution in [-0.2, 0) is 17.7 Å². The van der Waals surface area contributed by atoms with Crippen molar-refractivity contribution in [3.8, 4) is 11.8 Å². The molecule has 1 heterocycles. The highest BCUT2D eigenvalue weighted by molar-refractivity contribution is 6.29. The van der Waals surface area contributed by atoms with Gasteiger partial charge in [0.05, 0.1) is 12.1 Å². The van der Waals surface area contributed by atoms with E-state index in [0.29, 0.717) is 24.4 Å². The summed E-state index contributed by atoms with van der Waals surface area (Å²) in [5.41, 5.74) is 3.15. The van der Waals surface area contributed by atoms with Gasteiger partial charge in [-0.25, -0.2) is 9.78 Å². The lowest BCUT2D eigenvalue weighted by molar-refractivity contribution is 0.0696. The van der Waals surface area contributed by atoms with Gasteiger partial charge in [0.25, 0.3) is 0 Å². The Labute approximate surface area is 204 Å². The molecule has 0 fully saturated rings. The van der Waals surface area contributed by atoms with Gasteiger partial charge in [-0.05, 0) is 68.0 Å². The second-order valence-electron chi connectivity index (χ2n) is 8.54. The van der Waals surface area contributed by atoms with Crippen LogP contribution in [0.2, 0.25) is 5.28 Å². The molecule has 1 aromatic heterocycles. The molecule has 0 amide bonds. The van der Waals surface area contributed by atoms with Crippen LogP contribution in [-0.4, -0.2) is 39.1 Å². The Kier molecular flexibility index (Phi) is 7.93. The predicted molar refractivity (Wildman–Crippen MR) is 132 cm³/mol. The number of imidazole rings is 1. The van der Waals surface area contributed by atoms with Crippen molar-refractivity contribution in [3.05, 3.63) is 87.5 Å². The number of rotatable bonds is 8. The number of methoxy groups -OCH3 is 1. The normalized spacial score (nSPS) is 11.1. The van der Waals surface area contributed by atoms with Crippen LogP contribution >= 0.6 is 11.6 Å². The fourth-order valence-corrected chi connectivity index (χ4v) is 3.50. The van der Waals surface area contributed by atoms with Crippen LogP contribution < -0.4 is 0 Å². The highest BCUT2D eigenvalue weighted by atomic mass is 35.5. The average molecular weight is 479 g/mol. The lowest BCUT2D eigenvalue weighted by Crippen LogP contribution is -2.19. The van der Waals surface area contributed by atoms with Crippen LogP contribution in [0.1, 0.15) is 63.5 Å². The third-order valence-electron chi connectivity index (χ3n) is 5.48. The Morgan fingerprint density at radius 3 is 2.29 bits per heavy atom. The van der Waals surface area contributed by atoms with Gasteiger partial charge in [0.15, 0.2) is 5.78 Å². The fourth-order valence-electron chi connectivity index (χ4n) is 3.27. The molecule has 176 valence electrons. The van der Waals surface area contributed by atoms with Gasteiger partial charge in [0.1, 0.15) is 17.0 Å². The largest absolute Gasteiger partial charge is 0.478 e. The van der Waals surface area contributed by atoms with Crippen LogP contribution in [0.3, 0.4) is 0 Å². The molecule has 0 saturated heterocycles. The van der Waals surface area contributed by atoms with Gasteiger partial charge >= 0.3 is 5.97 Å². The van der Waals surface area contributed by atoms with E-state index in [-0.39, 0.29) is 23.1 Å². The third kappa shape index (κ3) is 6.34. The van der Waals surface area contributed by atoms with Crippen molar-refractivity contribution in [2.75, 3.05) is 7.11 Å². The molecule has 0 atom stereocenters. The first kappa shape index (κ1) is 25.2. The number of nitrogens with zero attached hydrogens (tertiary/aromatic N) is 2. The maximum absolute atomic E-state index is 13.4. The van der Waals surface area contributed by atoms with E-state index in [1.807, 2.05) is 45.0 Å². The number of benzene rings is 2. The van der Waals surface area contributed by atoms with E-state index < -0.39 is 11.6 Å². The summed E-state index contributed by atoms with van der Waals surface area (Å²) in [6.45, 7) is 6.05. The molecule has 0 bridgehead atoms.